The van der Waals surface area contributed by atoms with Gasteiger partial charge in [0, 0.05) is 36.9 Å². The number of anilines is 2. The molecule has 30 heavy (non-hydrogen) atoms. The molecule has 0 unspecified atom stereocenters. The van der Waals surface area contributed by atoms with Crippen LogP contribution in [0.3, 0.4) is 0 Å². The number of hydrogen-bond acceptors (Lipinski definition) is 3. The van der Waals surface area contributed by atoms with Crippen molar-refractivity contribution in [1.29, 1.82) is 0 Å². The summed E-state index contributed by atoms with van der Waals surface area (Å²) < 4.78 is 29.2. The molecule has 0 saturated carbocycles. The summed E-state index contributed by atoms with van der Waals surface area (Å²) >= 11 is 0. The van der Waals surface area contributed by atoms with Gasteiger partial charge in [-0.25, -0.2) is 8.42 Å². The number of nitrogens with one attached hydrogen (secondary N) is 1. The second-order valence-corrected chi connectivity index (χ2v) is 8.93. The van der Waals surface area contributed by atoms with Crippen LogP contribution in [0.1, 0.15) is 10.4 Å². The molecule has 1 heterocycles. The van der Waals surface area contributed by atoms with Gasteiger partial charge in [-0.3, -0.25) is 9.10 Å². The molecule has 1 N–H and O–H groups in total. The molecule has 7 heteroatoms. The van der Waals surface area contributed by atoms with Crippen molar-refractivity contribution in [3.63, 3.8) is 0 Å². The number of amides is 1. The van der Waals surface area contributed by atoms with Crippen LogP contribution in [0.5, 0.6) is 0 Å². The number of aromatic nitrogens is 1. The largest absolute Gasteiger partial charge is 0.350 e. The topological polar surface area (TPSA) is 71.4 Å². The van der Waals surface area contributed by atoms with Gasteiger partial charge in [-0.2, -0.15) is 0 Å². The Balaban J connectivity index is 1.63. The van der Waals surface area contributed by atoms with Gasteiger partial charge in [0.05, 0.1) is 16.1 Å². The Hall–Kier alpha value is -3.58. The molecule has 0 fully saturated rings. The average Bonchev–Trinajstić information content (AvgIpc) is 3.11. The van der Waals surface area contributed by atoms with Gasteiger partial charge in [-0.15, -0.1) is 0 Å². The van der Waals surface area contributed by atoms with Crippen LogP contribution < -0.4 is 9.62 Å². The lowest BCUT2D eigenvalue weighted by Crippen LogP contribution is -2.26. The number of fused-ring (bicyclic) bond motifs is 1. The molecule has 1 aromatic heterocycles. The van der Waals surface area contributed by atoms with Crippen molar-refractivity contribution in [2.24, 2.45) is 7.05 Å². The van der Waals surface area contributed by atoms with Crippen LogP contribution in [0.25, 0.3) is 10.9 Å². The number of para-hydroxylation sites is 2. The highest BCUT2D eigenvalue weighted by molar-refractivity contribution is 7.92. The van der Waals surface area contributed by atoms with Crippen LogP contribution >= 0.6 is 0 Å². The molecular formula is C23H21N3O3S. The van der Waals surface area contributed by atoms with Crippen molar-refractivity contribution in [3.8, 4) is 0 Å². The van der Waals surface area contributed by atoms with E-state index in [1.54, 1.807) is 42.6 Å². The van der Waals surface area contributed by atoms with Crippen molar-refractivity contribution in [2.75, 3.05) is 16.7 Å². The molecule has 1 amide bonds. The van der Waals surface area contributed by atoms with Gasteiger partial charge in [0.1, 0.15) is 0 Å². The molecule has 6 nitrogen and oxygen atoms in total. The molecule has 4 aromatic rings. The van der Waals surface area contributed by atoms with Crippen LogP contribution in [-0.4, -0.2) is 25.9 Å². The highest BCUT2D eigenvalue weighted by Gasteiger charge is 2.22. The summed E-state index contributed by atoms with van der Waals surface area (Å²) in [4.78, 5) is 13.0. The van der Waals surface area contributed by atoms with Gasteiger partial charge >= 0.3 is 0 Å². The summed E-state index contributed by atoms with van der Waals surface area (Å²) in [6.45, 7) is 0. The molecule has 0 atom stereocenters. The van der Waals surface area contributed by atoms with Crippen LogP contribution in [0.15, 0.2) is 90.0 Å². The summed E-state index contributed by atoms with van der Waals surface area (Å²) in [5.74, 6) is -0.294. The van der Waals surface area contributed by atoms with E-state index in [4.69, 9.17) is 0 Å². The summed E-state index contributed by atoms with van der Waals surface area (Å²) in [5, 5.41) is 3.66. The van der Waals surface area contributed by atoms with E-state index in [9.17, 15) is 13.2 Å². The fourth-order valence-corrected chi connectivity index (χ4v) is 4.63. The fourth-order valence-electron chi connectivity index (χ4n) is 3.39. The highest BCUT2D eigenvalue weighted by atomic mass is 32.2. The second-order valence-electron chi connectivity index (χ2n) is 6.96. The Morgan fingerprint density at radius 3 is 2.40 bits per heavy atom. The van der Waals surface area contributed by atoms with Crippen molar-refractivity contribution in [1.82, 2.24) is 4.57 Å². The molecule has 152 valence electrons. The van der Waals surface area contributed by atoms with E-state index in [2.05, 4.69) is 5.32 Å². The molecule has 3 aromatic carbocycles. The van der Waals surface area contributed by atoms with E-state index < -0.39 is 10.0 Å². The third kappa shape index (κ3) is 3.55. The molecule has 0 aliphatic rings. The quantitative estimate of drug-likeness (QED) is 0.526. The van der Waals surface area contributed by atoms with E-state index in [1.165, 1.54) is 23.5 Å². The predicted octanol–water partition coefficient (Wildman–Crippen LogP) is 4.26. The van der Waals surface area contributed by atoms with E-state index in [0.717, 1.165) is 10.9 Å². The Labute approximate surface area is 175 Å². The second kappa shape index (κ2) is 7.68. The minimum Gasteiger partial charge on any atom is -0.350 e. The normalized spacial score (nSPS) is 11.4. The Morgan fingerprint density at radius 2 is 1.63 bits per heavy atom. The molecular weight excluding hydrogens is 398 g/mol. The molecule has 0 aliphatic heterocycles. The number of hydrogen-bond donors (Lipinski definition) is 1. The minimum atomic E-state index is -3.77. The maximum absolute atomic E-state index is 13.0. The molecule has 4 rings (SSSR count). The number of nitrogens with zero attached hydrogens (tertiary/aromatic N) is 2. The van der Waals surface area contributed by atoms with E-state index in [-0.39, 0.29) is 10.8 Å². The first-order valence-corrected chi connectivity index (χ1v) is 10.8. The number of aryl methyl sites for hydroxylation is 1. The standard InChI is InChI=1S/C23H21N3O3S/c1-25-16-21(20-13-6-7-14-22(20)25)23(27)24-17-9-8-12-19(15-17)30(28,29)26(2)18-10-4-3-5-11-18/h3-16H,1-2H3,(H,24,27). The lowest BCUT2D eigenvalue weighted by Gasteiger charge is -2.19. The zero-order chi connectivity index (χ0) is 21.3. The summed E-state index contributed by atoms with van der Waals surface area (Å²) in [7, 11) is -0.381. The molecule has 0 spiro atoms. The van der Waals surface area contributed by atoms with Crippen LogP contribution in [0.4, 0.5) is 11.4 Å². The smallest absolute Gasteiger partial charge is 0.264 e. The van der Waals surface area contributed by atoms with Crippen molar-refractivity contribution >= 4 is 38.2 Å². The summed E-state index contributed by atoms with van der Waals surface area (Å²) in [6.07, 6.45) is 1.77. The third-order valence-electron chi connectivity index (χ3n) is 5.01. The lowest BCUT2D eigenvalue weighted by molar-refractivity contribution is 0.102. The lowest BCUT2D eigenvalue weighted by atomic mass is 10.1. The fraction of sp³-hybridized carbons (Fsp3) is 0.0870. The molecule has 0 radical (unpaired) electrons. The maximum atomic E-state index is 13.0. The van der Waals surface area contributed by atoms with Crippen LogP contribution in [-0.2, 0) is 17.1 Å². The van der Waals surface area contributed by atoms with Gasteiger partial charge < -0.3 is 9.88 Å². The first-order chi connectivity index (χ1) is 14.4. The zero-order valence-electron chi connectivity index (χ0n) is 16.6. The summed E-state index contributed by atoms with van der Waals surface area (Å²) in [5.41, 5.74) is 2.45. The number of carbonyl (C=O) groups is 1. The Morgan fingerprint density at radius 1 is 0.933 bits per heavy atom. The van der Waals surface area contributed by atoms with Gasteiger partial charge in [0.25, 0.3) is 15.9 Å². The minimum absolute atomic E-state index is 0.101. The summed E-state index contributed by atoms with van der Waals surface area (Å²) in [6, 6.07) is 22.7. The highest BCUT2D eigenvalue weighted by Crippen LogP contribution is 2.25. The van der Waals surface area contributed by atoms with Gasteiger partial charge in [-0.1, -0.05) is 42.5 Å². The maximum Gasteiger partial charge on any atom is 0.264 e. The van der Waals surface area contributed by atoms with Gasteiger partial charge in [-0.05, 0) is 36.4 Å². The van der Waals surface area contributed by atoms with Crippen LogP contribution in [0, 0.1) is 0 Å². The molecule has 0 aliphatic carbocycles. The van der Waals surface area contributed by atoms with Crippen LogP contribution in [0.2, 0.25) is 0 Å². The van der Waals surface area contributed by atoms with Gasteiger partial charge in [0.2, 0.25) is 0 Å². The first-order valence-electron chi connectivity index (χ1n) is 9.37. The molecule has 0 bridgehead atoms. The number of sulfonamides is 1. The van der Waals surface area contributed by atoms with Crippen molar-refractivity contribution in [2.45, 2.75) is 4.90 Å². The Bertz CT molecular complexity index is 1330. The third-order valence-corrected chi connectivity index (χ3v) is 6.79. The van der Waals surface area contributed by atoms with E-state index >= 15 is 0 Å². The SMILES string of the molecule is CN(c1ccccc1)S(=O)(=O)c1cccc(NC(=O)c2cn(C)c3ccccc23)c1. The van der Waals surface area contributed by atoms with E-state index in [0.29, 0.717) is 16.9 Å². The molecule has 0 saturated heterocycles. The number of carbonyl (C=O) groups excluding carboxylic acids is 1. The first kappa shape index (κ1) is 19.7. The monoisotopic (exact) mass is 419 g/mol. The predicted molar refractivity (Wildman–Crippen MR) is 119 cm³/mol. The number of benzene rings is 3. The van der Waals surface area contributed by atoms with E-state index in [1.807, 2.05) is 41.9 Å². The number of rotatable bonds is 5. The Kier molecular flexibility index (Phi) is 5.05. The average molecular weight is 420 g/mol. The van der Waals surface area contributed by atoms with Gasteiger partial charge in [0.15, 0.2) is 0 Å². The van der Waals surface area contributed by atoms with Crippen molar-refractivity contribution < 1.29 is 13.2 Å². The zero-order valence-corrected chi connectivity index (χ0v) is 17.4. The van der Waals surface area contributed by atoms with Crippen molar-refractivity contribution in [3.05, 3.63) is 90.6 Å².